The van der Waals surface area contributed by atoms with E-state index in [2.05, 4.69) is 11.9 Å². The normalized spacial score (nSPS) is 20.3. The number of carbonyl (C=O) groups excluding carboxylic acids is 2. The maximum absolute atomic E-state index is 11.7. The number of rotatable bonds is 3. The van der Waals surface area contributed by atoms with Crippen molar-refractivity contribution in [3.05, 3.63) is 12.7 Å². The highest BCUT2D eigenvalue weighted by Gasteiger charge is 2.23. The third-order valence-electron chi connectivity index (χ3n) is 2.66. The molecule has 0 saturated carbocycles. The number of hydrogen-bond acceptors (Lipinski definition) is 3. The summed E-state index contributed by atoms with van der Waals surface area (Å²) in [6.45, 7) is 6.42. The Kier molecular flexibility index (Phi) is 5.52. The fraction of sp³-hybridized carbons (Fsp3) is 0.667. The van der Waals surface area contributed by atoms with Crippen LogP contribution < -0.4 is 5.32 Å². The standard InChI is InChI=1S/C12H20N2O3/c1-3-8-17-12(16)14-7-5-4-6-11(9-14)13-10(2)15/h3,11H,1,4-9H2,2H3,(H,13,15). The molecule has 96 valence electrons. The van der Waals surface area contributed by atoms with Gasteiger partial charge in [0.2, 0.25) is 5.91 Å². The van der Waals surface area contributed by atoms with Crippen molar-refractivity contribution >= 4 is 12.0 Å². The first kappa shape index (κ1) is 13.5. The zero-order chi connectivity index (χ0) is 12.7. The van der Waals surface area contributed by atoms with Gasteiger partial charge in [-0.3, -0.25) is 4.79 Å². The van der Waals surface area contributed by atoms with E-state index in [-0.39, 0.29) is 24.6 Å². The monoisotopic (exact) mass is 240 g/mol. The molecule has 1 N–H and O–H groups in total. The molecule has 1 aliphatic rings. The summed E-state index contributed by atoms with van der Waals surface area (Å²) in [7, 11) is 0. The number of likely N-dealkylation sites (tertiary alicyclic amines) is 1. The highest BCUT2D eigenvalue weighted by atomic mass is 16.6. The Hall–Kier alpha value is -1.52. The largest absolute Gasteiger partial charge is 0.445 e. The minimum atomic E-state index is -0.331. The zero-order valence-electron chi connectivity index (χ0n) is 10.3. The topological polar surface area (TPSA) is 58.6 Å². The van der Waals surface area contributed by atoms with Crippen LogP contribution in [-0.2, 0) is 9.53 Å². The summed E-state index contributed by atoms with van der Waals surface area (Å²) >= 11 is 0. The number of carbonyl (C=O) groups is 2. The van der Waals surface area contributed by atoms with Crippen LogP contribution in [0.15, 0.2) is 12.7 Å². The first-order valence-electron chi connectivity index (χ1n) is 5.93. The Bertz CT molecular complexity index is 291. The van der Waals surface area contributed by atoms with Gasteiger partial charge in [0.25, 0.3) is 0 Å². The predicted octanol–water partition coefficient (Wildman–Crippen LogP) is 1.30. The average Bonchev–Trinajstić information content (AvgIpc) is 2.50. The minimum absolute atomic E-state index is 0.0336. The molecule has 1 fully saturated rings. The Balaban J connectivity index is 2.49. The fourth-order valence-electron chi connectivity index (χ4n) is 1.93. The van der Waals surface area contributed by atoms with Crippen molar-refractivity contribution in [2.75, 3.05) is 19.7 Å². The van der Waals surface area contributed by atoms with Crippen LogP contribution in [0.5, 0.6) is 0 Å². The van der Waals surface area contributed by atoms with Gasteiger partial charge < -0.3 is 15.0 Å². The second kappa shape index (κ2) is 6.93. The van der Waals surface area contributed by atoms with Crippen molar-refractivity contribution in [1.82, 2.24) is 10.2 Å². The second-order valence-electron chi connectivity index (χ2n) is 4.20. The van der Waals surface area contributed by atoms with E-state index >= 15 is 0 Å². The van der Waals surface area contributed by atoms with Gasteiger partial charge in [-0.2, -0.15) is 0 Å². The van der Waals surface area contributed by atoms with Gasteiger partial charge in [0.15, 0.2) is 0 Å². The molecule has 17 heavy (non-hydrogen) atoms. The summed E-state index contributed by atoms with van der Waals surface area (Å²) in [6.07, 6.45) is 4.07. The highest BCUT2D eigenvalue weighted by molar-refractivity contribution is 5.73. The first-order chi connectivity index (χ1) is 8.13. The fourth-order valence-corrected chi connectivity index (χ4v) is 1.93. The van der Waals surface area contributed by atoms with Gasteiger partial charge >= 0.3 is 6.09 Å². The van der Waals surface area contributed by atoms with Crippen LogP contribution in [0.1, 0.15) is 26.2 Å². The average molecular weight is 240 g/mol. The molecule has 0 bridgehead atoms. The number of hydrogen-bond donors (Lipinski definition) is 1. The van der Waals surface area contributed by atoms with Crippen molar-refractivity contribution in [3.8, 4) is 0 Å². The van der Waals surface area contributed by atoms with E-state index in [1.54, 1.807) is 11.0 Å². The molecular weight excluding hydrogens is 220 g/mol. The summed E-state index contributed by atoms with van der Waals surface area (Å²) in [6, 6.07) is 0.0336. The van der Waals surface area contributed by atoms with E-state index in [0.717, 1.165) is 19.3 Å². The molecular formula is C12H20N2O3. The highest BCUT2D eigenvalue weighted by Crippen LogP contribution is 2.11. The van der Waals surface area contributed by atoms with Crippen LogP contribution in [0, 0.1) is 0 Å². The van der Waals surface area contributed by atoms with E-state index in [4.69, 9.17) is 4.74 Å². The van der Waals surface area contributed by atoms with Gasteiger partial charge in [0, 0.05) is 26.1 Å². The molecule has 0 spiro atoms. The maximum atomic E-state index is 11.7. The van der Waals surface area contributed by atoms with E-state index < -0.39 is 0 Å². The molecule has 1 aliphatic heterocycles. The summed E-state index contributed by atoms with van der Waals surface area (Å²) in [5, 5.41) is 2.85. The molecule has 1 saturated heterocycles. The number of amides is 2. The molecule has 1 unspecified atom stereocenters. The van der Waals surface area contributed by atoms with Gasteiger partial charge in [-0.15, -0.1) is 0 Å². The van der Waals surface area contributed by atoms with Crippen molar-refractivity contribution in [2.24, 2.45) is 0 Å². The maximum Gasteiger partial charge on any atom is 0.410 e. The van der Waals surface area contributed by atoms with Crippen molar-refractivity contribution in [3.63, 3.8) is 0 Å². The summed E-state index contributed by atoms with van der Waals surface area (Å²) < 4.78 is 5.00. The predicted molar refractivity (Wildman–Crippen MR) is 64.6 cm³/mol. The lowest BCUT2D eigenvalue weighted by atomic mass is 10.1. The smallest absolute Gasteiger partial charge is 0.410 e. The molecule has 0 radical (unpaired) electrons. The Morgan fingerprint density at radius 2 is 2.29 bits per heavy atom. The van der Waals surface area contributed by atoms with Gasteiger partial charge in [-0.25, -0.2) is 4.79 Å². The van der Waals surface area contributed by atoms with E-state index in [0.29, 0.717) is 13.1 Å². The van der Waals surface area contributed by atoms with Crippen molar-refractivity contribution in [2.45, 2.75) is 32.2 Å². The molecule has 0 aromatic carbocycles. The zero-order valence-corrected chi connectivity index (χ0v) is 10.3. The van der Waals surface area contributed by atoms with Gasteiger partial charge in [0.05, 0.1) is 0 Å². The minimum Gasteiger partial charge on any atom is -0.445 e. The summed E-state index contributed by atoms with van der Waals surface area (Å²) in [5.74, 6) is -0.0590. The molecule has 5 nitrogen and oxygen atoms in total. The van der Waals surface area contributed by atoms with Gasteiger partial charge in [-0.05, 0) is 19.3 Å². The van der Waals surface area contributed by atoms with Gasteiger partial charge in [0.1, 0.15) is 6.61 Å². The summed E-state index contributed by atoms with van der Waals surface area (Å²) in [5.41, 5.74) is 0. The third-order valence-corrected chi connectivity index (χ3v) is 2.66. The molecule has 0 aromatic heterocycles. The Morgan fingerprint density at radius 3 is 2.94 bits per heavy atom. The molecule has 1 heterocycles. The molecule has 5 heteroatoms. The molecule has 0 aromatic rings. The van der Waals surface area contributed by atoms with E-state index in [9.17, 15) is 9.59 Å². The third kappa shape index (κ3) is 4.89. The Morgan fingerprint density at radius 1 is 1.53 bits per heavy atom. The van der Waals surface area contributed by atoms with Crippen LogP contribution in [0.2, 0.25) is 0 Å². The first-order valence-corrected chi connectivity index (χ1v) is 5.93. The van der Waals surface area contributed by atoms with Crippen molar-refractivity contribution in [1.29, 1.82) is 0 Å². The van der Waals surface area contributed by atoms with Crippen LogP contribution in [0.25, 0.3) is 0 Å². The molecule has 2 amide bonds. The molecule has 1 atom stereocenters. The lowest BCUT2D eigenvalue weighted by molar-refractivity contribution is -0.119. The SMILES string of the molecule is C=CCOC(=O)N1CCCCC(NC(C)=O)C1. The molecule has 1 rings (SSSR count). The Labute approximate surface area is 102 Å². The number of nitrogens with one attached hydrogen (secondary N) is 1. The number of nitrogens with zero attached hydrogens (tertiary/aromatic N) is 1. The second-order valence-corrected chi connectivity index (χ2v) is 4.20. The molecule has 0 aliphatic carbocycles. The lowest BCUT2D eigenvalue weighted by Crippen LogP contribution is -2.44. The quantitative estimate of drug-likeness (QED) is 0.756. The van der Waals surface area contributed by atoms with Gasteiger partial charge in [-0.1, -0.05) is 12.7 Å². The lowest BCUT2D eigenvalue weighted by Gasteiger charge is -2.23. The van der Waals surface area contributed by atoms with Crippen LogP contribution in [-0.4, -0.2) is 42.6 Å². The number of ether oxygens (including phenoxy) is 1. The van der Waals surface area contributed by atoms with Crippen LogP contribution in [0.4, 0.5) is 4.79 Å². The van der Waals surface area contributed by atoms with E-state index in [1.165, 1.54) is 6.92 Å². The van der Waals surface area contributed by atoms with Crippen LogP contribution >= 0.6 is 0 Å². The van der Waals surface area contributed by atoms with Crippen LogP contribution in [0.3, 0.4) is 0 Å². The van der Waals surface area contributed by atoms with Crippen molar-refractivity contribution < 1.29 is 14.3 Å². The summed E-state index contributed by atoms with van der Waals surface area (Å²) in [4.78, 5) is 24.3. The van der Waals surface area contributed by atoms with E-state index in [1.807, 2.05) is 0 Å².